The highest BCUT2D eigenvalue weighted by Gasteiger charge is 2.20. The fourth-order valence-electron chi connectivity index (χ4n) is 7.28. The lowest BCUT2D eigenvalue weighted by Gasteiger charge is -2.21. The summed E-state index contributed by atoms with van der Waals surface area (Å²) >= 11 is 0. The van der Waals surface area contributed by atoms with E-state index in [1.165, 1.54) is 43.8 Å². The van der Waals surface area contributed by atoms with Crippen molar-refractivity contribution < 1.29 is 0 Å². The van der Waals surface area contributed by atoms with Crippen LogP contribution in [0.2, 0.25) is 0 Å². The third-order valence-corrected chi connectivity index (χ3v) is 9.72. The van der Waals surface area contributed by atoms with E-state index in [-0.39, 0.29) is 0 Å². The van der Waals surface area contributed by atoms with Crippen molar-refractivity contribution in [2.24, 2.45) is 0 Å². The molecule has 50 heavy (non-hydrogen) atoms. The van der Waals surface area contributed by atoms with Crippen molar-refractivity contribution in [3.05, 3.63) is 188 Å². The molecule has 9 rings (SSSR count). The zero-order chi connectivity index (χ0) is 33.3. The summed E-state index contributed by atoms with van der Waals surface area (Å²) in [5, 5.41) is 5.13. The first-order chi connectivity index (χ1) is 24.8. The minimum Gasteiger partial charge on any atom is -0.264 e. The molecule has 0 radical (unpaired) electrons. The van der Waals surface area contributed by atoms with Gasteiger partial charge in [-0.1, -0.05) is 152 Å². The van der Waals surface area contributed by atoms with Crippen LogP contribution in [0, 0.1) is 0 Å². The SMILES string of the molecule is C1=C(c2nc(-c3ccccc3)cc(-c3ccc(-c4cccnc4)cc3)n2)CCC(c2c3ccccc3c(-c3ccccc3)c3ccccc23)=C1. The van der Waals surface area contributed by atoms with E-state index < -0.39 is 0 Å². The van der Waals surface area contributed by atoms with E-state index in [1.54, 1.807) is 6.20 Å². The van der Waals surface area contributed by atoms with Crippen LogP contribution in [0.5, 0.6) is 0 Å². The van der Waals surface area contributed by atoms with Crippen molar-refractivity contribution in [2.45, 2.75) is 12.8 Å². The predicted molar refractivity (Wildman–Crippen MR) is 208 cm³/mol. The summed E-state index contributed by atoms with van der Waals surface area (Å²) in [6, 6.07) is 53.6. The van der Waals surface area contributed by atoms with Gasteiger partial charge in [0, 0.05) is 23.5 Å². The van der Waals surface area contributed by atoms with Crippen LogP contribution in [0.3, 0.4) is 0 Å². The average molecular weight is 640 g/mol. The molecule has 0 saturated carbocycles. The molecule has 0 aliphatic heterocycles. The molecule has 0 fully saturated rings. The fourth-order valence-corrected chi connectivity index (χ4v) is 7.28. The van der Waals surface area contributed by atoms with Crippen LogP contribution in [-0.4, -0.2) is 15.0 Å². The van der Waals surface area contributed by atoms with Gasteiger partial charge in [-0.2, -0.15) is 0 Å². The topological polar surface area (TPSA) is 38.7 Å². The molecule has 0 saturated heterocycles. The van der Waals surface area contributed by atoms with Crippen LogP contribution < -0.4 is 0 Å². The smallest absolute Gasteiger partial charge is 0.156 e. The van der Waals surface area contributed by atoms with Crippen molar-refractivity contribution >= 4 is 32.7 Å². The van der Waals surface area contributed by atoms with Crippen LogP contribution in [0.1, 0.15) is 24.2 Å². The molecule has 1 aliphatic carbocycles. The van der Waals surface area contributed by atoms with Gasteiger partial charge in [-0.05, 0) is 85.5 Å². The summed E-state index contributed by atoms with van der Waals surface area (Å²) in [6.07, 6.45) is 10.00. The second kappa shape index (κ2) is 12.9. The van der Waals surface area contributed by atoms with Gasteiger partial charge in [-0.25, -0.2) is 9.97 Å². The third kappa shape index (κ3) is 5.49. The van der Waals surface area contributed by atoms with Gasteiger partial charge in [-0.3, -0.25) is 4.98 Å². The Morgan fingerprint density at radius 2 is 0.860 bits per heavy atom. The van der Waals surface area contributed by atoms with Crippen LogP contribution in [0.4, 0.5) is 0 Å². The van der Waals surface area contributed by atoms with E-state index in [0.717, 1.165) is 57.9 Å². The number of rotatable bonds is 6. The highest BCUT2D eigenvalue weighted by atomic mass is 14.9. The summed E-state index contributed by atoms with van der Waals surface area (Å²) in [5.41, 5.74) is 12.5. The van der Waals surface area contributed by atoms with E-state index in [2.05, 4.69) is 157 Å². The number of fused-ring (bicyclic) bond motifs is 2. The van der Waals surface area contributed by atoms with Crippen molar-refractivity contribution in [3.8, 4) is 44.8 Å². The quantitative estimate of drug-likeness (QED) is 0.170. The summed E-state index contributed by atoms with van der Waals surface area (Å²) in [5.74, 6) is 0.780. The predicted octanol–water partition coefficient (Wildman–Crippen LogP) is 12.1. The second-order valence-electron chi connectivity index (χ2n) is 12.7. The Morgan fingerprint density at radius 3 is 1.42 bits per heavy atom. The number of benzene rings is 6. The Hall–Kier alpha value is -6.45. The largest absolute Gasteiger partial charge is 0.264 e. The molecule has 236 valence electrons. The first-order valence-electron chi connectivity index (χ1n) is 17.1. The van der Waals surface area contributed by atoms with E-state index in [0.29, 0.717) is 0 Å². The molecule has 0 spiro atoms. The summed E-state index contributed by atoms with van der Waals surface area (Å²) < 4.78 is 0. The van der Waals surface area contributed by atoms with Crippen LogP contribution in [0.15, 0.2) is 176 Å². The fraction of sp³-hybridized carbons (Fsp3) is 0.0426. The monoisotopic (exact) mass is 639 g/mol. The maximum atomic E-state index is 5.18. The first-order valence-corrected chi connectivity index (χ1v) is 17.1. The molecule has 8 aromatic rings. The van der Waals surface area contributed by atoms with E-state index >= 15 is 0 Å². The minimum atomic E-state index is 0.780. The molecule has 2 aromatic heterocycles. The van der Waals surface area contributed by atoms with Gasteiger partial charge in [0.15, 0.2) is 5.82 Å². The first kappa shape index (κ1) is 29.7. The Bertz CT molecular complexity index is 2490. The molecular formula is C47H33N3. The van der Waals surface area contributed by atoms with Crippen molar-refractivity contribution in [1.29, 1.82) is 0 Å². The second-order valence-corrected chi connectivity index (χ2v) is 12.7. The van der Waals surface area contributed by atoms with Gasteiger partial charge in [0.25, 0.3) is 0 Å². The molecule has 0 N–H and O–H groups in total. The number of allylic oxidation sites excluding steroid dienone is 4. The zero-order valence-electron chi connectivity index (χ0n) is 27.5. The summed E-state index contributed by atoms with van der Waals surface area (Å²) in [4.78, 5) is 14.6. The Balaban J connectivity index is 1.15. The van der Waals surface area contributed by atoms with E-state index in [4.69, 9.17) is 9.97 Å². The number of hydrogen-bond donors (Lipinski definition) is 0. The van der Waals surface area contributed by atoms with Crippen LogP contribution >= 0.6 is 0 Å². The van der Waals surface area contributed by atoms with E-state index in [9.17, 15) is 0 Å². The maximum Gasteiger partial charge on any atom is 0.156 e. The van der Waals surface area contributed by atoms with Crippen molar-refractivity contribution in [1.82, 2.24) is 15.0 Å². The number of pyridine rings is 1. The average Bonchev–Trinajstić information content (AvgIpc) is 3.21. The standard InChI is InChI=1S/C47H33N3/c1-3-12-33(13-4-1)43-30-44(34-23-21-32(22-24-34)38-16-11-29-48-31-38)50-47(49-43)37-27-25-36(26-28-37)46-41-19-9-7-17-39(41)45(35-14-5-2-6-15-35)40-18-8-10-20-42(40)46/h1-25,27,29-31H,26,28H2. The molecular weight excluding hydrogens is 607 g/mol. The number of nitrogens with zero attached hydrogens (tertiary/aromatic N) is 3. The lowest BCUT2D eigenvalue weighted by molar-refractivity contribution is 1.02. The van der Waals surface area contributed by atoms with Gasteiger partial charge in [-0.15, -0.1) is 0 Å². The molecule has 1 aliphatic rings. The minimum absolute atomic E-state index is 0.780. The van der Waals surface area contributed by atoms with E-state index in [1.807, 2.05) is 18.3 Å². The van der Waals surface area contributed by atoms with Crippen LogP contribution in [-0.2, 0) is 0 Å². The lowest BCUT2D eigenvalue weighted by Crippen LogP contribution is -2.02. The van der Waals surface area contributed by atoms with Crippen LogP contribution in [0.25, 0.3) is 77.5 Å². The van der Waals surface area contributed by atoms with Gasteiger partial charge in [0.1, 0.15) is 0 Å². The van der Waals surface area contributed by atoms with Gasteiger partial charge in [0.05, 0.1) is 11.4 Å². The zero-order valence-corrected chi connectivity index (χ0v) is 27.5. The maximum absolute atomic E-state index is 5.18. The van der Waals surface area contributed by atoms with Crippen molar-refractivity contribution in [3.63, 3.8) is 0 Å². The molecule has 3 nitrogen and oxygen atoms in total. The Kier molecular flexibility index (Phi) is 7.64. The molecule has 0 bridgehead atoms. The van der Waals surface area contributed by atoms with Gasteiger partial charge < -0.3 is 0 Å². The summed E-state index contributed by atoms with van der Waals surface area (Å²) in [6.45, 7) is 0. The van der Waals surface area contributed by atoms with Gasteiger partial charge >= 0.3 is 0 Å². The molecule has 2 heterocycles. The highest BCUT2D eigenvalue weighted by Crippen LogP contribution is 2.44. The third-order valence-electron chi connectivity index (χ3n) is 9.72. The number of aromatic nitrogens is 3. The molecule has 0 amide bonds. The normalized spacial score (nSPS) is 12.9. The molecule has 3 heteroatoms. The number of hydrogen-bond acceptors (Lipinski definition) is 3. The lowest BCUT2D eigenvalue weighted by atomic mass is 9.83. The molecule has 6 aromatic carbocycles. The Morgan fingerprint density at radius 1 is 0.380 bits per heavy atom. The highest BCUT2D eigenvalue weighted by molar-refractivity contribution is 6.19. The molecule has 0 unspecified atom stereocenters. The van der Waals surface area contributed by atoms with Crippen molar-refractivity contribution in [2.75, 3.05) is 0 Å². The van der Waals surface area contributed by atoms with Gasteiger partial charge in [0.2, 0.25) is 0 Å². The Labute approximate surface area is 292 Å². The molecule has 0 atom stereocenters. The summed E-state index contributed by atoms with van der Waals surface area (Å²) in [7, 11) is 0.